The highest BCUT2D eigenvalue weighted by Gasteiger charge is 2.13. The summed E-state index contributed by atoms with van der Waals surface area (Å²) in [6, 6.07) is 1.79. The predicted molar refractivity (Wildman–Crippen MR) is 66.4 cm³/mol. The van der Waals surface area contributed by atoms with Crippen LogP contribution in [0.4, 0.5) is 0 Å². The number of hydrogen-bond acceptors (Lipinski definition) is 3. The van der Waals surface area contributed by atoms with Gasteiger partial charge in [0, 0.05) is 20.7 Å². The summed E-state index contributed by atoms with van der Waals surface area (Å²) in [5.41, 5.74) is 1.44. The molecule has 0 fully saturated rings. The molecule has 1 rings (SSSR count). The second-order valence-electron chi connectivity index (χ2n) is 3.76. The Hall–Kier alpha value is -1.07. The van der Waals surface area contributed by atoms with E-state index in [9.17, 15) is 4.79 Å². The van der Waals surface area contributed by atoms with Gasteiger partial charge in [0.1, 0.15) is 5.69 Å². The Bertz CT molecular complexity index is 379. The highest BCUT2D eigenvalue weighted by atomic mass is 35.5. The quantitative estimate of drug-likeness (QED) is 0.775. The first-order valence-corrected chi connectivity index (χ1v) is 5.96. The van der Waals surface area contributed by atoms with Gasteiger partial charge < -0.3 is 10.1 Å². The number of carbonyl (C=O) groups is 1. The molecule has 0 aromatic carbocycles. The molecule has 0 aliphatic heterocycles. The molecule has 96 valence electrons. The molecule has 1 aromatic rings. The van der Waals surface area contributed by atoms with Crippen LogP contribution in [0, 0.1) is 0 Å². The Morgan fingerprint density at radius 2 is 2.41 bits per heavy atom. The lowest BCUT2D eigenvalue weighted by molar-refractivity contribution is 0.0940. The van der Waals surface area contributed by atoms with Gasteiger partial charge in [0.25, 0.3) is 5.91 Å². The van der Waals surface area contributed by atoms with Gasteiger partial charge in [-0.1, -0.05) is 6.92 Å². The molecule has 1 unspecified atom stereocenters. The molecule has 1 atom stereocenters. The van der Waals surface area contributed by atoms with Gasteiger partial charge in [0.05, 0.1) is 17.7 Å². The summed E-state index contributed by atoms with van der Waals surface area (Å²) in [5.74, 6) is -0.165. The molecule has 0 saturated carbocycles. The first-order valence-electron chi connectivity index (χ1n) is 5.52. The second-order valence-corrected chi connectivity index (χ2v) is 4.38. The summed E-state index contributed by atoms with van der Waals surface area (Å²) < 4.78 is 6.46. The van der Waals surface area contributed by atoms with Crippen LogP contribution in [0.5, 0.6) is 0 Å². The topological polar surface area (TPSA) is 56.1 Å². The Morgan fingerprint density at radius 3 is 2.94 bits per heavy atom. The SMILES string of the molecule is CCc1cc(C(=O)NCC(Cl)COC)n(C)n1. The van der Waals surface area contributed by atoms with Crippen molar-refractivity contribution in [2.45, 2.75) is 18.7 Å². The van der Waals surface area contributed by atoms with Gasteiger partial charge in [-0.15, -0.1) is 11.6 Å². The summed E-state index contributed by atoms with van der Waals surface area (Å²) >= 11 is 5.92. The van der Waals surface area contributed by atoms with Crippen LogP contribution in [0.3, 0.4) is 0 Å². The molecule has 0 saturated heterocycles. The molecular weight excluding hydrogens is 242 g/mol. The van der Waals surface area contributed by atoms with Crippen LogP contribution in [0.15, 0.2) is 6.07 Å². The lowest BCUT2D eigenvalue weighted by Crippen LogP contribution is -2.32. The molecule has 0 aliphatic carbocycles. The molecule has 6 heteroatoms. The smallest absolute Gasteiger partial charge is 0.269 e. The number of alkyl halides is 1. The lowest BCUT2D eigenvalue weighted by Gasteiger charge is -2.09. The largest absolute Gasteiger partial charge is 0.383 e. The molecule has 5 nitrogen and oxygen atoms in total. The maximum absolute atomic E-state index is 11.8. The first-order chi connectivity index (χ1) is 8.08. The fourth-order valence-corrected chi connectivity index (χ4v) is 1.65. The highest BCUT2D eigenvalue weighted by Crippen LogP contribution is 2.04. The number of amides is 1. The average Bonchev–Trinajstić information content (AvgIpc) is 2.68. The summed E-state index contributed by atoms with van der Waals surface area (Å²) in [5, 5.41) is 6.74. The van der Waals surface area contributed by atoms with Gasteiger partial charge in [-0.3, -0.25) is 9.48 Å². The Labute approximate surface area is 106 Å². The predicted octanol–water partition coefficient (Wildman–Crippen LogP) is 0.966. The maximum Gasteiger partial charge on any atom is 0.269 e. The normalized spacial score (nSPS) is 12.5. The molecule has 0 bridgehead atoms. The Balaban J connectivity index is 2.54. The zero-order valence-corrected chi connectivity index (χ0v) is 11.1. The van der Waals surface area contributed by atoms with Gasteiger partial charge >= 0.3 is 0 Å². The molecule has 1 amide bonds. The monoisotopic (exact) mass is 259 g/mol. The molecule has 1 N–H and O–H groups in total. The molecule has 0 spiro atoms. The van der Waals surface area contributed by atoms with Crippen molar-refractivity contribution >= 4 is 17.5 Å². The van der Waals surface area contributed by atoms with Crippen molar-refractivity contribution in [2.24, 2.45) is 7.05 Å². The number of nitrogens with zero attached hydrogens (tertiary/aromatic N) is 2. The number of ether oxygens (including phenoxy) is 1. The summed E-state index contributed by atoms with van der Waals surface area (Å²) in [4.78, 5) is 11.8. The van der Waals surface area contributed by atoms with Gasteiger partial charge in [0.15, 0.2) is 0 Å². The molecule has 0 aliphatic rings. The van der Waals surface area contributed by atoms with Gasteiger partial charge in [-0.2, -0.15) is 5.10 Å². The van der Waals surface area contributed by atoms with E-state index in [4.69, 9.17) is 16.3 Å². The van der Waals surface area contributed by atoms with Gasteiger partial charge in [-0.05, 0) is 12.5 Å². The van der Waals surface area contributed by atoms with Crippen LogP contribution in [0.1, 0.15) is 23.1 Å². The average molecular weight is 260 g/mol. The lowest BCUT2D eigenvalue weighted by atomic mass is 10.3. The molecule has 1 aromatic heterocycles. The van der Waals surface area contributed by atoms with Crippen molar-refractivity contribution < 1.29 is 9.53 Å². The number of aryl methyl sites for hydroxylation is 2. The molecule has 1 heterocycles. The molecule has 0 radical (unpaired) electrons. The standard InChI is InChI=1S/C11H18ClN3O2/c1-4-9-5-10(15(2)14-9)11(16)13-6-8(12)7-17-3/h5,8H,4,6-7H2,1-3H3,(H,13,16). The minimum absolute atomic E-state index is 0.165. The molecular formula is C11H18ClN3O2. The number of hydrogen-bond donors (Lipinski definition) is 1. The number of aromatic nitrogens is 2. The third-order valence-corrected chi connectivity index (χ3v) is 2.64. The minimum Gasteiger partial charge on any atom is -0.383 e. The molecule has 17 heavy (non-hydrogen) atoms. The second kappa shape index (κ2) is 6.61. The van der Waals surface area contributed by atoms with Crippen molar-refractivity contribution in [2.75, 3.05) is 20.3 Å². The van der Waals surface area contributed by atoms with Crippen molar-refractivity contribution in [3.63, 3.8) is 0 Å². The minimum atomic E-state index is -0.220. The number of nitrogens with one attached hydrogen (secondary N) is 1. The van der Waals surface area contributed by atoms with E-state index in [1.807, 2.05) is 6.92 Å². The first kappa shape index (κ1) is 14.0. The number of methoxy groups -OCH3 is 1. The van der Waals surface area contributed by atoms with E-state index in [2.05, 4.69) is 10.4 Å². The third-order valence-electron chi connectivity index (χ3n) is 2.36. The fraction of sp³-hybridized carbons (Fsp3) is 0.636. The van der Waals surface area contributed by atoms with Crippen LogP contribution in [0.25, 0.3) is 0 Å². The van der Waals surface area contributed by atoms with Crippen LogP contribution in [0.2, 0.25) is 0 Å². The van der Waals surface area contributed by atoms with E-state index < -0.39 is 0 Å². The van der Waals surface area contributed by atoms with Crippen LogP contribution in [-0.2, 0) is 18.2 Å². The van der Waals surface area contributed by atoms with Crippen molar-refractivity contribution in [1.82, 2.24) is 15.1 Å². The van der Waals surface area contributed by atoms with Gasteiger partial charge in [-0.25, -0.2) is 0 Å². The third kappa shape index (κ3) is 4.02. The van der Waals surface area contributed by atoms with Crippen molar-refractivity contribution in [1.29, 1.82) is 0 Å². The van der Waals surface area contributed by atoms with Crippen molar-refractivity contribution in [3.05, 3.63) is 17.5 Å². The van der Waals surface area contributed by atoms with Crippen LogP contribution < -0.4 is 5.32 Å². The van der Waals surface area contributed by atoms with E-state index in [0.717, 1.165) is 12.1 Å². The van der Waals surface area contributed by atoms with Crippen LogP contribution in [-0.4, -0.2) is 41.3 Å². The van der Waals surface area contributed by atoms with Crippen molar-refractivity contribution in [3.8, 4) is 0 Å². The zero-order valence-electron chi connectivity index (χ0n) is 10.4. The maximum atomic E-state index is 11.8. The van der Waals surface area contributed by atoms with E-state index in [1.165, 1.54) is 0 Å². The highest BCUT2D eigenvalue weighted by molar-refractivity contribution is 6.21. The number of rotatable bonds is 6. The fourth-order valence-electron chi connectivity index (χ4n) is 1.45. The summed E-state index contributed by atoms with van der Waals surface area (Å²) in [7, 11) is 3.33. The van der Waals surface area contributed by atoms with E-state index in [0.29, 0.717) is 18.8 Å². The van der Waals surface area contributed by atoms with E-state index >= 15 is 0 Å². The number of carbonyl (C=O) groups excluding carboxylic acids is 1. The van der Waals surface area contributed by atoms with E-state index in [-0.39, 0.29) is 11.3 Å². The summed E-state index contributed by atoms with van der Waals surface area (Å²) in [6.45, 7) is 2.78. The Kier molecular flexibility index (Phi) is 5.44. The number of halogens is 1. The van der Waals surface area contributed by atoms with Gasteiger partial charge in [0.2, 0.25) is 0 Å². The van der Waals surface area contributed by atoms with E-state index in [1.54, 1.807) is 24.9 Å². The summed E-state index contributed by atoms with van der Waals surface area (Å²) in [6.07, 6.45) is 0.808. The Morgan fingerprint density at radius 1 is 1.71 bits per heavy atom. The van der Waals surface area contributed by atoms with Crippen LogP contribution >= 0.6 is 11.6 Å². The zero-order chi connectivity index (χ0) is 12.8.